The van der Waals surface area contributed by atoms with E-state index in [0.717, 1.165) is 11.1 Å². The largest absolute Gasteiger partial charge is 0.324 e. The van der Waals surface area contributed by atoms with Gasteiger partial charge < -0.3 is 10.3 Å². The van der Waals surface area contributed by atoms with E-state index in [1.165, 1.54) is 12.1 Å². The number of aryl methyl sites for hydroxylation is 1. The van der Waals surface area contributed by atoms with E-state index in [1.54, 1.807) is 6.07 Å². The van der Waals surface area contributed by atoms with Gasteiger partial charge in [0.1, 0.15) is 11.6 Å². The lowest BCUT2D eigenvalue weighted by molar-refractivity contribution is 0.626. The third kappa shape index (κ3) is 1.69. The molecular formula is C11H13FN4. The number of rotatable bonds is 2. The van der Waals surface area contributed by atoms with Gasteiger partial charge in [0.2, 0.25) is 0 Å². The first-order chi connectivity index (χ1) is 7.63. The molecule has 2 aromatic rings. The van der Waals surface area contributed by atoms with E-state index in [2.05, 4.69) is 10.2 Å². The Bertz CT molecular complexity index is 519. The van der Waals surface area contributed by atoms with Crippen LogP contribution in [0.3, 0.4) is 0 Å². The Labute approximate surface area is 92.9 Å². The molecule has 0 atom stereocenters. The minimum atomic E-state index is -0.248. The van der Waals surface area contributed by atoms with Crippen LogP contribution in [0.5, 0.6) is 0 Å². The van der Waals surface area contributed by atoms with Crippen LogP contribution in [0.4, 0.5) is 4.39 Å². The van der Waals surface area contributed by atoms with Gasteiger partial charge in [0, 0.05) is 12.6 Å². The van der Waals surface area contributed by atoms with E-state index < -0.39 is 0 Å². The molecule has 0 saturated heterocycles. The standard InChI is InChI=1S/C11H13FN4/c1-7-5-8(12)3-4-9(7)11-15-14-10(6-13)16(11)2/h3-5H,6,13H2,1-2H3. The van der Waals surface area contributed by atoms with Crippen molar-refractivity contribution in [2.24, 2.45) is 12.8 Å². The number of nitrogens with zero attached hydrogens (tertiary/aromatic N) is 3. The summed E-state index contributed by atoms with van der Waals surface area (Å²) in [5.74, 6) is 1.17. The Morgan fingerprint density at radius 2 is 2.12 bits per heavy atom. The van der Waals surface area contributed by atoms with Crippen molar-refractivity contribution in [1.29, 1.82) is 0 Å². The second-order valence-electron chi connectivity index (χ2n) is 3.66. The first-order valence-corrected chi connectivity index (χ1v) is 4.98. The first kappa shape index (κ1) is 10.8. The average Bonchev–Trinajstić information content (AvgIpc) is 2.60. The van der Waals surface area contributed by atoms with Gasteiger partial charge in [0.05, 0.1) is 6.54 Å². The van der Waals surface area contributed by atoms with Crippen LogP contribution in [0.25, 0.3) is 11.4 Å². The van der Waals surface area contributed by atoms with Crippen molar-refractivity contribution >= 4 is 0 Å². The summed E-state index contributed by atoms with van der Waals surface area (Å²) < 4.78 is 14.8. The van der Waals surface area contributed by atoms with E-state index in [0.29, 0.717) is 18.2 Å². The van der Waals surface area contributed by atoms with Gasteiger partial charge >= 0.3 is 0 Å². The van der Waals surface area contributed by atoms with Crippen LogP contribution in [0.15, 0.2) is 18.2 Å². The highest BCUT2D eigenvalue weighted by Gasteiger charge is 2.11. The molecule has 0 bridgehead atoms. The molecule has 0 saturated carbocycles. The predicted molar refractivity (Wildman–Crippen MR) is 59.0 cm³/mol. The van der Waals surface area contributed by atoms with Crippen molar-refractivity contribution in [3.63, 3.8) is 0 Å². The Balaban J connectivity index is 2.54. The van der Waals surface area contributed by atoms with E-state index in [4.69, 9.17) is 5.73 Å². The van der Waals surface area contributed by atoms with Crippen LogP contribution in [0.1, 0.15) is 11.4 Å². The Kier molecular flexibility index (Phi) is 2.70. The van der Waals surface area contributed by atoms with Crippen molar-refractivity contribution in [1.82, 2.24) is 14.8 Å². The second kappa shape index (κ2) is 4.02. The number of hydrogen-bond donors (Lipinski definition) is 1. The first-order valence-electron chi connectivity index (χ1n) is 4.98. The van der Waals surface area contributed by atoms with E-state index in [9.17, 15) is 4.39 Å². The lowest BCUT2D eigenvalue weighted by atomic mass is 10.1. The molecule has 2 N–H and O–H groups in total. The summed E-state index contributed by atoms with van der Waals surface area (Å²) >= 11 is 0. The number of benzene rings is 1. The van der Waals surface area contributed by atoms with Crippen LogP contribution < -0.4 is 5.73 Å². The lowest BCUT2D eigenvalue weighted by Gasteiger charge is -2.05. The van der Waals surface area contributed by atoms with Crippen molar-refractivity contribution in [3.8, 4) is 11.4 Å². The van der Waals surface area contributed by atoms with Crippen LogP contribution in [0.2, 0.25) is 0 Å². The topological polar surface area (TPSA) is 56.7 Å². The van der Waals surface area contributed by atoms with E-state index in [1.807, 2.05) is 18.5 Å². The van der Waals surface area contributed by atoms with Crippen LogP contribution in [-0.4, -0.2) is 14.8 Å². The molecule has 0 aliphatic carbocycles. The summed E-state index contributed by atoms with van der Waals surface area (Å²) in [6.07, 6.45) is 0. The minimum absolute atomic E-state index is 0.248. The van der Waals surface area contributed by atoms with Crippen molar-refractivity contribution in [3.05, 3.63) is 35.4 Å². The minimum Gasteiger partial charge on any atom is -0.324 e. The summed E-state index contributed by atoms with van der Waals surface area (Å²) in [7, 11) is 1.85. The summed E-state index contributed by atoms with van der Waals surface area (Å²) in [6, 6.07) is 4.60. The Hall–Kier alpha value is -1.75. The third-order valence-electron chi connectivity index (χ3n) is 2.58. The SMILES string of the molecule is Cc1cc(F)ccc1-c1nnc(CN)n1C. The highest BCUT2D eigenvalue weighted by Crippen LogP contribution is 2.22. The zero-order valence-corrected chi connectivity index (χ0v) is 9.24. The molecule has 1 aromatic carbocycles. The van der Waals surface area contributed by atoms with E-state index >= 15 is 0 Å². The summed E-state index contributed by atoms with van der Waals surface area (Å²) in [6.45, 7) is 2.18. The second-order valence-corrected chi connectivity index (χ2v) is 3.66. The fourth-order valence-electron chi connectivity index (χ4n) is 1.65. The van der Waals surface area contributed by atoms with Crippen LogP contribution >= 0.6 is 0 Å². The lowest BCUT2D eigenvalue weighted by Crippen LogP contribution is -2.05. The fourth-order valence-corrected chi connectivity index (χ4v) is 1.65. The van der Waals surface area contributed by atoms with Gasteiger partial charge in [-0.3, -0.25) is 0 Å². The quantitative estimate of drug-likeness (QED) is 0.832. The number of hydrogen-bond acceptors (Lipinski definition) is 3. The third-order valence-corrected chi connectivity index (χ3v) is 2.58. The Morgan fingerprint density at radius 3 is 2.69 bits per heavy atom. The normalized spacial score (nSPS) is 10.8. The molecule has 5 heteroatoms. The van der Waals surface area contributed by atoms with Gasteiger partial charge in [-0.2, -0.15) is 0 Å². The zero-order valence-electron chi connectivity index (χ0n) is 9.24. The molecule has 0 spiro atoms. The molecule has 4 nitrogen and oxygen atoms in total. The van der Waals surface area contributed by atoms with Crippen molar-refractivity contribution in [2.75, 3.05) is 0 Å². The van der Waals surface area contributed by atoms with E-state index in [-0.39, 0.29) is 5.82 Å². The molecule has 84 valence electrons. The molecule has 0 fully saturated rings. The van der Waals surface area contributed by atoms with Gasteiger partial charge in [-0.05, 0) is 30.7 Å². The van der Waals surface area contributed by atoms with Crippen LogP contribution in [0, 0.1) is 12.7 Å². The maximum absolute atomic E-state index is 13.0. The summed E-state index contributed by atoms with van der Waals surface area (Å²) in [4.78, 5) is 0. The molecular weight excluding hydrogens is 207 g/mol. The monoisotopic (exact) mass is 220 g/mol. The smallest absolute Gasteiger partial charge is 0.164 e. The molecule has 0 radical (unpaired) electrons. The van der Waals surface area contributed by atoms with Gasteiger partial charge in [0.25, 0.3) is 0 Å². The zero-order chi connectivity index (χ0) is 11.7. The number of aromatic nitrogens is 3. The number of halogens is 1. The fraction of sp³-hybridized carbons (Fsp3) is 0.273. The maximum atomic E-state index is 13.0. The maximum Gasteiger partial charge on any atom is 0.164 e. The molecule has 0 aliphatic heterocycles. The van der Waals surface area contributed by atoms with Crippen molar-refractivity contribution < 1.29 is 4.39 Å². The average molecular weight is 220 g/mol. The van der Waals surface area contributed by atoms with Gasteiger partial charge in [-0.25, -0.2) is 4.39 Å². The Morgan fingerprint density at radius 1 is 1.38 bits per heavy atom. The van der Waals surface area contributed by atoms with Gasteiger partial charge in [-0.15, -0.1) is 10.2 Å². The van der Waals surface area contributed by atoms with Crippen molar-refractivity contribution in [2.45, 2.75) is 13.5 Å². The highest BCUT2D eigenvalue weighted by molar-refractivity contribution is 5.60. The molecule has 2 rings (SSSR count). The highest BCUT2D eigenvalue weighted by atomic mass is 19.1. The molecule has 0 amide bonds. The molecule has 1 heterocycles. The number of nitrogens with two attached hydrogens (primary N) is 1. The molecule has 1 aromatic heterocycles. The van der Waals surface area contributed by atoms with Gasteiger partial charge in [-0.1, -0.05) is 0 Å². The van der Waals surface area contributed by atoms with Crippen LogP contribution in [-0.2, 0) is 13.6 Å². The van der Waals surface area contributed by atoms with Gasteiger partial charge in [0.15, 0.2) is 5.82 Å². The molecule has 0 unspecified atom stereocenters. The predicted octanol–water partition coefficient (Wildman–Crippen LogP) is 1.39. The molecule has 0 aliphatic rings. The summed E-state index contributed by atoms with van der Waals surface area (Å²) in [5.41, 5.74) is 7.22. The summed E-state index contributed by atoms with van der Waals surface area (Å²) in [5, 5.41) is 8.03. The molecule has 16 heavy (non-hydrogen) atoms.